The van der Waals surface area contributed by atoms with Crippen LogP contribution in [0.2, 0.25) is 10.0 Å². The fourth-order valence-electron chi connectivity index (χ4n) is 2.89. The molecule has 37 heavy (non-hydrogen) atoms. The van der Waals surface area contributed by atoms with Crippen molar-refractivity contribution in [2.24, 2.45) is 0 Å². The first kappa shape index (κ1) is 27.9. The van der Waals surface area contributed by atoms with E-state index in [1.54, 1.807) is 6.07 Å². The van der Waals surface area contributed by atoms with E-state index >= 15 is 0 Å². The summed E-state index contributed by atoms with van der Waals surface area (Å²) in [7, 11) is 0. The third-order valence-electron chi connectivity index (χ3n) is 4.78. The number of hydrogen-bond acceptors (Lipinski definition) is 5. The monoisotopic (exact) mass is 571 g/mol. The van der Waals surface area contributed by atoms with E-state index in [0.717, 1.165) is 0 Å². The first-order valence-electron chi connectivity index (χ1n) is 9.95. The second-order valence-electron chi connectivity index (χ2n) is 7.58. The fraction of sp³-hybridized carbons (Fsp3) is 0.125. The minimum Gasteiger partial charge on any atom is -0.486 e. The molecule has 190 valence electrons. The van der Waals surface area contributed by atoms with Gasteiger partial charge in [-0.1, -0.05) is 35.4 Å². The molecule has 3 rings (SSSR count). The van der Waals surface area contributed by atoms with Crippen molar-refractivity contribution in [2.45, 2.75) is 12.5 Å². The van der Waals surface area contributed by atoms with E-state index in [9.17, 15) is 32.5 Å². The average Bonchev–Trinajstić information content (AvgIpc) is 2.87. The normalized spacial score (nSPS) is 12.2. The molecule has 5 nitrogen and oxygen atoms in total. The van der Waals surface area contributed by atoms with E-state index in [1.807, 2.05) is 6.07 Å². The Kier molecular flexibility index (Phi) is 8.44. The van der Waals surface area contributed by atoms with Crippen molar-refractivity contribution in [3.8, 4) is 29.4 Å². The third-order valence-corrected chi connectivity index (χ3v) is 5.61. The van der Waals surface area contributed by atoms with Crippen molar-refractivity contribution in [3.63, 3.8) is 0 Å². The summed E-state index contributed by atoms with van der Waals surface area (Å²) in [4.78, 5) is -0.921. The van der Waals surface area contributed by atoms with Gasteiger partial charge in [-0.15, -0.1) is 0 Å². The van der Waals surface area contributed by atoms with Gasteiger partial charge in [0.05, 0.1) is 28.3 Å². The Balaban J connectivity index is 1.88. The van der Waals surface area contributed by atoms with Gasteiger partial charge in [-0.25, -0.2) is 22.0 Å². The van der Waals surface area contributed by atoms with Gasteiger partial charge in [-0.3, -0.25) is 0 Å². The lowest BCUT2D eigenvalue weighted by Gasteiger charge is -2.26. The van der Waals surface area contributed by atoms with Gasteiger partial charge in [-0.2, -0.15) is 10.5 Å². The SMILES string of the molecule is CC(C#N)(COc1cc(C#N)ccc1Oc1ccc(Cl)cc1Cl)NC(=S)c1c(F)c(F)c(F)c(F)c1F. The molecule has 0 heterocycles. The number of nitrogens with zero attached hydrogens (tertiary/aromatic N) is 2. The Morgan fingerprint density at radius 1 is 0.919 bits per heavy atom. The van der Waals surface area contributed by atoms with Gasteiger partial charge in [0.2, 0.25) is 5.82 Å². The van der Waals surface area contributed by atoms with Crippen LogP contribution in [0.1, 0.15) is 18.1 Å². The molecule has 0 aliphatic carbocycles. The molecule has 0 spiro atoms. The van der Waals surface area contributed by atoms with Gasteiger partial charge in [-0.05, 0) is 37.3 Å². The van der Waals surface area contributed by atoms with Crippen LogP contribution >= 0.6 is 35.4 Å². The van der Waals surface area contributed by atoms with Gasteiger partial charge in [0, 0.05) is 11.1 Å². The van der Waals surface area contributed by atoms with E-state index in [1.165, 1.54) is 43.3 Å². The van der Waals surface area contributed by atoms with Crippen LogP contribution in [0.4, 0.5) is 22.0 Å². The Morgan fingerprint density at radius 2 is 1.51 bits per heavy atom. The Hall–Kier alpha value is -3.64. The van der Waals surface area contributed by atoms with Gasteiger partial charge in [0.1, 0.15) is 17.3 Å². The second-order valence-corrected chi connectivity index (χ2v) is 8.83. The molecule has 0 radical (unpaired) electrons. The molecule has 0 bridgehead atoms. The molecule has 1 unspecified atom stereocenters. The van der Waals surface area contributed by atoms with Crippen molar-refractivity contribution in [3.05, 3.63) is 86.7 Å². The predicted octanol–water partition coefficient (Wildman–Crippen LogP) is 6.98. The van der Waals surface area contributed by atoms with Crippen LogP contribution in [0.3, 0.4) is 0 Å². The minimum atomic E-state index is -2.35. The van der Waals surface area contributed by atoms with Crippen LogP contribution < -0.4 is 14.8 Å². The molecule has 0 saturated heterocycles. The molecule has 1 N–H and O–H groups in total. The largest absolute Gasteiger partial charge is 0.486 e. The van der Waals surface area contributed by atoms with Crippen molar-refractivity contribution in [1.29, 1.82) is 10.5 Å². The molecule has 0 amide bonds. The summed E-state index contributed by atoms with van der Waals surface area (Å²) in [6.45, 7) is 0.634. The standard InChI is InChI=1S/C24H12Cl2F5N3O2S/c1-24(9-33,34-23(37)17-18(27)20(29)22(31)21(30)19(17)28)10-35-16-6-11(8-32)2-4-15(16)36-14-5-3-12(25)7-13(14)26/h2-7H,10H2,1H3,(H,34,37). The van der Waals surface area contributed by atoms with E-state index in [4.69, 9.17) is 44.9 Å². The molecule has 13 heteroatoms. The zero-order chi connectivity index (χ0) is 27.5. The summed E-state index contributed by atoms with van der Waals surface area (Å²) in [5.74, 6) is -10.8. The first-order valence-corrected chi connectivity index (χ1v) is 11.1. The highest BCUT2D eigenvalue weighted by atomic mass is 35.5. The lowest BCUT2D eigenvalue weighted by atomic mass is 10.0. The van der Waals surface area contributed by atoms with E-state index in [-0.39, 0.29) is 27.8 Å². The summed E-state index contributed by atoms with van der Waals surface area (Å²) in [6, 6.07) is 12.2. The lowest BCUT2D eigenvalue weighted by molar-refractivity contribution is 0.243. The molecule has 0 aliphatic rings. The van der Waals surface area contributed by atoms with Crippen molar-refractivity contribution in [1.82, 2.24) is 5.32 Å². The van der Waals surface area contributed by atoms with Crippen LogP contribution in [-0.4, -0.2) is 17.1 Å². The van der Waals surface area contributed by atoms with E-state index in [2.05, 4.69) is 5.32 Å². The maximum Gasteiger partial charge on any atom is 0.200 e. The molecule has 3 aromatic rings. The molecule has 0 fully saturated rings. The van der Waals surface area contributed by atoms with E-state index < -0.39 is 51.8 Å². The van der Waals surface area contributed by atoms with Crippen LogP contribution in [0.15, 0.2) is 36.4 Å². The highest BCUT2D eigenvalue weighted by molar-refractivity contribution is 7.80. The molecule has 0 aliphatic heterocycles. The quantitative estimate of drug-likeness (QED) is 0.143. The molecular weight excluding hydrogens is 560 g/mol. The number of thiocarbonyl (C=S) groups is 1. The predicted molar refractivity (Wildman–Crippen MR) is 128 cm³/mol. The Labute approximate surface area is 222 Å². The van der Waals surface area contributed by atoms with Gasteiger partial charge in [0.25, 0.3) is 0 Å². The molecular formula is C24H12Cl2F5N3O2S. The number of ether oxygens (including phenoxy) is 2. The van der Waals surface area contributed by atoms with Crippen LogP contribution in [0.25, 0.3) is 0 Å². The topological polar surface area (TPSA) is 78.1 Å². The smallest absolute Gasteiger partial charge is 0.200 e. The van der Waals surface area contributed by atoms with Gasteiger partial charge >= 0.3 is 0 Å². The summed E-state index contributed by atoms with van der Waals surface area (Å²) in [5.41, 5.74) is -3.08. The Bertz CT molecular complexity index is 1460. The van der Waals surface area contributed by atoms with Crippen LogP contribution in [0, 0.1) is 51.7 Å². The van der Waals surface area contributed by atoms with Crippen LogP contribution in [0.5, 0.6) is 17.2 Å². The second kappa shape index (κ2) is 11.2. The van der Waals surface area contributed by atoms with Crippen molar-refractivity contribution < 1.29 is 31.4 Å². The number of benzene rings is 3. The van der Waals surface area contributed by atoms with Crippen LogP contribution in [-0.2, 0) is 0 Å². The molecule has 0 saturated carbocycles. The number of nitrogens with one attached hydrogen (secondary N) is 1. The summed E-state index contributed by atoms with van der Waals surface area (Å²) in [6.07, 6.45) is 0. The average molecular weight is 572 g/mol. The van der Waals surface area contributed by atoms with Crippen molar-refractivity contribution >= 4 is 40.4 Å². The highest BCUT2D eigenvalue weighted by Crippen LogP contribution is 2.37. The third kappa shape index (κ3) is 6.03. The number of nitriles is 2. The summed E-state index contributed by atoms with van der Waals surface area (Å²) in [5, 5.41) is 21.7. The molecule has 1 atom stereocenters. The zero-order valence-corrected chi connectivity index (χ0v) is 20.8. The zero-order valence-electron chi connectivity index (χ0n) is 18.4. The molecule has 0 aromatic heterocycles. The fourth-order valence-corrected chi connectivity index (χ4v) is 3.74. The summed E-state index contributed by atoms with van der Waals surface area (Å²) >= 11 is 16.8. The maximum absolute atomic E-state index is 14.2. The highest BCUT2D eigenvalue weighted by Gasteiger charge is 2.33. The molecule has 3 aromatic carbocycles. The summed E-state index contributed by atoms with van der Waals surface area (Å²) < 4.78 is 80.3. The lowest BCUT2D eigenvalue weighted by Crippen LogP contribution is -2.49. The van der Waals surface area contributed by atoms with Gasteiger partial charge in [0.15, 0.2) is 40.3 Å². The minimum absolute atomic E-state index is 0.0320. The van der Waals surface area contributed by atoms with E-state index in [0.29, 0.717) is 5.02 Å². The number of halogens is 7. The number of rotatable bonds is 7. The maximum atomic E-state index is 14.2. The first-order chi connectivity index (χ1) is 17.4. The Morgan fingerprint density at radius 3 is 2.08 bits per heavy atom. The van der Waals surface area contributed by atoms with Gasteiger partial charge < -0.3 is 14.8 Å². The number of hydrogen-bond donors (Lipinski definition) is 1. The van der Waals surface area contributed by atoms with Crippen molar-refractivity contribution in [2.75, 3.05) is 6.61 Å².